The maximum atomic E-state index is 14.4. The molecule has 15 unspecified atom stereocenters. The van der Waals surface area contributed by atoms with Crippen molar-refractivity contribution in [3.05, 3.63) is 78.4 Å². The molecular formula is C52H69N7O16. The summed E-state index contributed by atoms with van der Waals surface area (Å²) in [4.78, 5) is 87.5. The van der Waals surface area contributed by atoms with Crippen LogP contribution in [-0.4, -0.2) is 190 Å². The van der Waals surface area contributed by atoms with Crippen LogP contribution in [0.1, 0.15) is 71.0 Å². The van der Waals surface area contributed by atoms with Gasteiger partial charge in [-0.15, -0.1) is 0 Å². The average molecular weight is 1050 g/mol. The highest BCUT2D eigenvalue weighted by molar-refractivity contribution is 5.98. The summed E-state index contributed by atoms with van der Waals surface area (Å²) in [5, 5.41) is 112. The summed E-state index contributed by atoms with van der Waals surface area (Å²) in [6.07, 6.45) is -11.3. The predicted octanol–water partition coefficient (Wildman–Crippen LogP) is -1.91. The number of amides is 6. The number of aliphatic hydroxyl groups is 8. The van der Waals surface area contributed by atoms with Gasteiger partial charge in [0, 0.05) is 37.5 Å². The number of ether oxygens (including phenoxy) is 1. The highest BCUT2D eigenvalue weighted by Crippen LogP contribution is 2.30. The second-order valence-electron chi connectivity index (χ2n) is 20.3. The number of anilines is 1. The Kier molecular flexibility index (Phi) is 18.4. The van der Waals surface area contributed by atoms with Gasteiger partial charge in [0.2, 0.25) is 35.4 Å². The normalized spacial score (nSPS) is 30.4. The fourth-order valence-electron chi connectivity index (χ4n) is 10.1. The summed E-state index contributed by atoms with van der Waals surface area (Å²) in [7, 11) is 0. The zero-order chi connectivity index (χ0) is 54.4. The third kappa shape index (κ3) is 13.3. The molecule has 4 fully saturated rings. The third-order valence-electron chi connectivity index (χ3n) is 14.5. The molecule has 0 spiro atoms. The van der Waals surface area contributed by atoms with Crippen LogP contribution in [0.15, 0.2) is 72.8 Å². The van der Waals surface area contributed by atoms with Crippen molar-refractivity contribution in [2.24, 2.45) is 11.8 Å². The second kappa shape index (κ2) is 24.5. The molecule has 3 aliphatic heterocycles. The number of nitrogens with zero attached hydrogens (tertiary/aromatic N) is 2. The van der Waals surface area contributed by atoms with Crippen molar-refractivity contribution in [1.29, 1.82) is 0 Å². The van der Waals surface area contributed by atoms with Crippen molar-refractivity contribution in [3.63, 3.8) is 0 Å². The van der Waals surface area contributed by atoms with Crippen molar-refractivity contribution < 1.29 is 79.5 Å². The number of aliphatic hydroxyl groups excluding tert-OH is 8. The molecule has 4 aliphatic rings. The summed E-state index contributed by atoms with van der Waals surface area (Å²) in [6, 6.07) is 8.05. The average Bonchev–Trinajstić information content (AvgIpc) is 4.13. The molecule has 75 heavy (non-hydrogen) atoms. The first-order chi connectivity index (χ1) is 35.6. The molecule has 6 amide bonds. The number of hydrogen-bond acceptors (Lipinski definition) is 17. The first kappa shape index (κ1) is 56.3. The van der Waals surface area contributed by atoms with Gasteiger partial charge in [-0.3, -0.25) is 28.8 Å². The molecule has 15 atom stereocenters. The van der Waals surface area contributed by atoms with Gasteiger partial charge in [0.15, 0.2) is 6.23 Å². The maximum Gasteiger partial charge on any atom is 0.248 e. The molecule has 23 heteroatoms. The minimum absolute atomic E-state index is 0.0522. The monoisotopic (exact) mass is 1050 g/mol. The van der Waals surface area contributed by atoms with E-state index in [1.54, 1.807) is 24.3 Å². The smallest absolute Gasteiger partial charge is 0.248 e. The van der Waals surface area contributed by atoms with Crippen LogP contribution in [0.2, 0.25) is 0 Å². The number of phenols is 1. The topological polar surface area (TPSA) is 360 Å². The number of rotatable bonds is 11. The predicted molar refractivity (Wildman–Crippen MR) is 267 cm³/mol. The summed E-state index contributed by atoms with van der Waals surface area (Å²) in [6.45, 7) is 3.55. The molecular weight excluding hydrogens is 979 g/mol. The Morgan fingerprint density at radius 2 is 1.21 bits per heavy atom. The van der Waals surface area contributed by atoms with Crippen LogP contribution >= 0.6 is 0 Å². The molecule has 0 radical (unpaired) electrons. The Labute approximate surface area is 432 Å². The van der Waals surface area contributed by atoms with E-state index in [0.717, 1.165) is 46.4 Å². The molecule has 7 rings (SSSR count). The lowest BCUT2D eigenvalue weighted by molar-refractivity contribution is -0.148. The van der Waals surface area contributed by atoms with Gasteiger partial charge < -0.3 is 87.1 Å². The molecule has 3 aromatic carbocycles. The molecule has 3 saturated heterocycles. The van der Waals surface area contributed by atoms with E-state index in [2.05, 4.69) is 26.6 Å². The molecule has 3 heterocycles. The lowest BCUT2D eigenvalue weighted by atomic mass is 9.96. The van der Waals surface area contributed by atoms with Gasteiger partial charge in [-0.25, -0.2) is 0 Å². The minimum Gasteiger partial charge on any atom is -0.508 e. The molecule has 0 bridgehead atoms. The number of carbonyl (C=O) groups is 6. The summed E-state index contributed by atoms with van der Waals surface area (Å²) in [5.74, 6) is -6.76. The quantitative estimate of drug-likeness (QED) is 0.0996. The van der Waals surface area contributed by atoms with Gasteiger partial charge >= 0.3 is 0 Å². The Morgan fingerprint density at radius 1 is 0.653 bits per heavy atom. The van der Waals surface area contributed by atoms with Crippen LogP contribution in [0.25, 0.3) is 11.1 Å². The zero-order valence-electron chi connectivity index (χ0n) is 41.8. The van der Waals surface area contributed by atoms with E-state index in [0.29, 0.717) is 18.2 Å². The number of fused-ring (bicyclic) bond motifs is 2. The van der Waals surface area contributed by atoms with E-state index >= 15 is 0 Å². The highest BCUT2D eigenvalue weighted by Gasteiger charge is 2.50. The number of hydrogen-bond donors (Lipinski definition) is 14. The van der Waals surface area contributed by atoms with Crippen molar-refractivity contribution in [3.8, 4) is 22.6 Å². The summed E-state index contributed by atoms with van der Waals surface area (Å²) >= 11 is 0. The SMILES string of the molecule is CC(O)C1NC(=O)C(Nc2ccc(-c3ccc(OCC4CCCC4)cc3)cc2)CC(O)C(O)NC(=O)C2C(O)C(C)CN2C(=O)C(C(C)O)NC(=O)C(C(O)C(O)c2ccc(O)cc2)NC(=O)C2CC(O)CN2C1=O. The summed E-state index contributed by atoms with van der Waals surface area (Å²) in [5.41, 5.74) is 1.89. The lowest BCUT2D eigenvalue weighted by Gasteiger charge is -2.34. The molecule has 0 aromatic heterocycles. The standard InChI is InChI=1S/C52H69N7O16/c1-25-22-59-42(43(25)65)50(72)57-48(70)38(64)21-36(53-32-14-8-29(9-15-32)30-12-18-35(19-13-30)75-24-28-6-4-5-7-28)46(68)54-39(26(2)60)51(73)58-23-34(63)20-37(58)47(69)56-41(49(71)55-40(27(3)61)52(59)74)45(67)44(66)31-10-16-33(62)17-11-31/h8-19,25-28,34,36-45,48,53,60-67,70H,4-7,20-24H2,1-3H3,(H,54,68)(H,55,71)(H,56,69)(H,57,72). The minimum atomic E-state index is -2.26. The van der Waals surface area contributed by atoms with Crippen molar-refractivity contribution in [2.45, 2.75) is 145 Å². The molecule has 14 N–H and O–H groups in total. The van der Waals surface area contributed by atoms with Crippen LogP contribution < -0.4 is 31.3 Å². The second-order valence-corrected chi connectivity index (χ2v) is 20.3. The number of aromatic hydroxyl groups is 1. The molecule has 1 aliphatic carbocycles. The van der Waals surface area contributed by atoms with Crippen LogP contribution in [0.3, 0.4) is 0 Å². The van der Waals surface area contributed by atoms with Gasteiger partial charge in [-0.05, 0) is 85.7 Å². The van der Waals surface area contributed by atoms with Crippen LogP contribution in [-0.2, 0) is 28.8 Å². The summed E-state index contributed by atoms with van der Waals surface area (Å²) < 4.78 is 6.01. The molecule has 3 aromatic rings. The Morgan fingerprint density at radius 3 is 1.81 bits per heavy atom. The lowest BCUT2D eigenvalue weighted by Crippen LogP contribution is -2.64. The van der Waals surface area contributed by atoms with E-state index < -0.39 is 146 Å². The van der Waals surface area contributed by atoms with Crippen LogP contribution in [0.5, 0.6) is 11.5 Å². The zero-order valence-corrected chi connectivity index (χ0v) is 41.8. The largest absolute Gasteiger partial charge is 0.508 e. The van der Waals surface area contributed by atoms with Gasteiger partial charge in [-0.1, -0.05) is 56.2 Å². The maximum absolute atomic E-state index is 14.4. The van der Waals surface area contributed by atoms with Crippen molar-refractivity contribution in [2.75, 3.05) is 25.0 Å². The van der Waals surface area contributed by atoms with Crippen molar-refractivity contribution in [1.82, 2.24) is 31.1 Å². The number of nitrogens with one attached hydrogen (secondary N) is 5. The fourth-order valence-corrected chi connectivity index (χ4v) is 10.1. The molecule has 23 nitrogen and oxygen atoms in total. The first-order valence-corrected chi connectivity index (χ1v) is 25.3. The first-order valence-electron chi connectivity index (χ1n) is 25.3. The van der Waals surface area contributed by atoms with Crippen molar-refractivity contribution >= 4 is 41.1 Å². The Bertz CT molecular complexity index is 2480. The van der Waals surface area contributed by atoms with E-state index in [1.807, 2.05) is 24.3 Å². The molecule has 1 saturated carbocycles. The third-order valence-corrected chi connectivity index (χ3v) is 14.5. The molecule has 408 valence electrons. The van der Waals surface area contributed by atoms with E-state index in [4.69, 9.17) is 4.74 Å². The van der Waals surface area contributed by atoms with E-state index in [9.17, 15) is 74.7 Å². The van der Waals surface area contributed by atoms with Gasteiger partial charge in [0.05, 0.1) is 31.0 Å². The number of carbonyl (C=O) groups excluding carboxylic acids is 6. The number of phenolic OH excluding ortho intramolecular Hbond substituents is 1. The number of benzene rings is 3. The Balaban J connectivity index is 1.21. The van der Waals surface area contributed by atoms with Gasteiger partial charge in [0.25, 0.3) is 0 Å². The fraction of sp³-hybridized carbons (Fsp3) is 0.538. The van der Waals surface area contributed by atoms with Crippen LogP contribution in [0, 0.1) is 11.8 Å². The van der Waals surface area contributed by atoms with Gasteiger partial charge in [-0.2, -0.15) is 0 Å². The Hall–Kier alpha value is -6.44. The van der Waals surface area contributed by atoms with Gasteiger partial charge in [0.1, 0.15) is 66.1 Å². The highest BCUT2D eigenvalue weighted by atomic mass is 16.5. The van der Waals surface area contributed by atoms with Crippen LogP contribution in [0.4, 0.5) is 5.69 Å². The van der Waals surface area contributed by atoms with E-state index in [-0.39, 0.29) is 17.9 Å². The van der Waals surface area contributed by atoms with E-state index in [1.165, 1.54) is 51.0 Å².